The van der Waals surface area contributed by atoms with Gasteiger partial charge in [0.15, 0.2) is 0 Å². The molecule has 3 heterocycles. The quantitative estimate of drug-likeness (QED) is 0.556. The Hall–Kier alpha value is -3.62. The smallest absolute Gasteiger partial charge is 0.255 e. The van der Waals surface area contributed by atoms with Crippen molar-refractivity contribution in [2.75, 3.05) is 7.05 Å². The van der Waals surface area contributed by atoms with Gasteiger partial charge in [-0.2, -0.15) is 0 Å². The molecule has 0 atom stereocenters. The van der Waals surface area contributed by atoms with Crippen molar-refractivity contribution >= 4 is 16.9 Å². The first-order valence-corrected chi connectivity index (χ1v) is 7.48. The Morgan fingerprint density at radius 2 is 1.92 bits per heavy atom. The molecule has 0 spiro atoms. The summed E-state index contributed by atoms with van der Waals surface area (Å²) in [5.74, 6) is 0.523. The van der Waals surface area contributed by atoms with E-state index in [2.05, 4.69) is 30.1 Å². The number of fused-ring (bicyclic) bond motifs is 1. The van der Waals surface area contributed by atoms with E-state index in [9.17, 15) is 4.79 Å². The van der Waals surface area contributed by atoms with E-state index in [1.165, 1.54) is 0 Å². The number of amides is 1. The minimum absolute atomic E-state index is 0.124. The average molecular weight is 335 g/mol. The SMILES string of the molecule is CN(Cc1ccc2nonc2c1)C(=O)c1ccc(-n2cnnc2)nc1. The number of carbonyl (C=O) groups excluding carboxylic acids is 1. The third-order valence-electron chi connectivity index (χ3n) is 3.76. The monoisotopic (exact) mass is 335 g/mol. The molecule has 0 aliphatic heterocycles. The number of nitrogens with zero attached hydrogens (tertiary/aromatic N) is 7. The molecule has 124 valence electrons. The Labute approximate surface area is 141 Å². The van der Waals surface area contributed by atoms with Gasteiger partial charge in [0.25, 0.3) is 5.91 Å². The van der Waals surface area contributed by atoms with Crippen LogP contribution in [0.1, 0.15) is 15.9 Å². The highest BCUT2D eigenvalue weighted by Crippen LogP contribution is 2.14. The van der Waals surface area contributed by atoms with E-state index in [0.29, 0.717) is 29.0 Å². The van der Waals surface area contributed by atoms with Crippen molar-refractivity contribution in [3.05, 3.63) is 60.3 Å². The normalized spacial score (nSPS) is 10.9. The lowest BCUT2D eigenvalue weighted by Crippen LogP contribution is -2.26. The predicted molar refractivity (Wildman–Crippen MR) is 86.8 cm³/mol. The molecule has 3 aromatic heterocycles. The van der Waals surface area contributed by atoms with Crippen molar-refractivity contribution < 1.29 is 9.42 Å². The minimum atomic E-state index is -0.124. The summed E-state index contributed by atoms with van der Waals surface area (Å²) >= 11 is 0. The lowest BCUT2D eigenvalue weighted by molar-refractivity contribution is 0.0784. The summed E-state index contributed by atoms with van der Waals surface area (Å²) in [6, 6.07) is 9.03. The van der Waals surface area contributed by atoms with E-state index in [1.807, 2.05) is 18.2 Å². The van der Waals surface area contributed by atoms with E-state index >= 15 is 0 Å². The second kappa shape index (κ2) is 6.11. The van der Waals surface area contributed by atoms with Crippen LogP contribution < -0.4 is 0 Å². The number of hydrogen-bond donors (Lipinski definition) is 0. The van der Waals surface area contributed by atoms with Gasteiger partial charge in [0.1, 0.15) is 29.5 Å². The first kappa shape index (κ1) is 14.9. The zero-order chi connectivity index (χ0) is 17.2. The summed E-state index contributed by atoms with van der Waals surface area (Å²) in [6.07, 6.45) is 4.63. The van der Waals surface area contributed by atoms with Crippen molar-refractivity contribution in [1.82, 2.24) is 35.0 Å². The first-order valence-electron chi connectivity index (χ1n) is 7.48. The lowest BCUT2D eigenvalue weighted by Gasteiger charge is -2.17. The molecular weight excluding hydrogens is 322 g/mol. The van der Waals surface area contributed by atoms with Crippen LogP contribution in [0.3, 0.4) is 0 Å². The molecule has 0 fully saturated rings. The summed E-state index contributed by atoms with van der Waals surface area (Å²) in [6.45, 7) is 0.439. The molecule has 0 unspecified atom stereocenters. The molecule has 1 aromatic carbocycles. The number of benzene rings is 1. The average Bonchev–Trinajstić information content (AvgIpc) is 3.32. The molecule has 4 rings (SSSR count). The highest BCUT2D eigenvalue weighted by molar-refractivity contribution is 5.93. The molecule has 1 amide bonds. The van der Waals surface area contributed by atoms with Gasteiger partial charge in [-0.05, 0) is 40.1 Å². The Balaban J connectivity index is 1.49. The fourth-order valence-electron chi connectivity index (χ4n) is 2.48. The van der Waals surface area contributed by atoms with Gasteiger partial charge in [0.2, 0.25) is 0 Å². The second-order valence-electron chi connectivity index (χ2n) is 5.52. The first-order chi connectivity index (χ1) is 12.2. The van der Waals surface area contributed by atoms with Gasteiger partial charge < -0.3 is 4.90 Å². The summed E-state index contributed by atoms with van der Waals surface area (Å²) in [5, 5.41) is 15.0. The van der Waals surface area contributed by atoms with Gasteiger partial charge in [-0.25, -0.2) is 9.61 Å². The molecule has 4 aromatic rings. The lowest BCUT2D eigenvalue weighted by atomic mass is 10.1. The number of carbonyl (C=O) groups is 1. The molecule has 0 bridgehead atoms. The Bertz CT molecular complexity index is 1010. The van der Waals surface area contributed by atoms with Crippen LogP contribution in [0, 0.1) is 0 Å². The van der Waals surface area contributed by atoms with E-state index in [1.54, 1.807) is 47.5 Å². The summed E-state index contributed by atoms with van der Waals surface area (Å²) in [5.41, 5.74) is 2.79. The molecule has 0 saturated heterocycles. The molecule has 25 heavy (non-hydrogen) atoms. The maximum absolute atomic E-state index is 12.6. The van der Waals surface area contributed by atoms with Crippen molar-refractivity contribution in [2.24, 2.45) is 0 Å². The van der Waals surface area contributed by atoms with E-state index in [-0.39, 0.29) is 5.91 Å². The highest BCUT2D eigenvalue weighted by Gasteiger charge is 2.13. The number of rotatable bonds is 4. The van der Waals surface area contributed by atoms with Crippen LogP contribution in [0.4, 0.5) is 0 Å². The summed E-state index contributed by atoms with van der Waals surface area (Å²) in [7, 11) is 1.74. The molecule has 0 N–H and O–H groups in total. The van der Waals surface area contributed by atoms with Crippen LogP contribution in [-0.2, 0) is 6.54 Å². The third kappa shape index (κ3) is 2.94. The zero-order valence-corrected chi connectivity index (χ0v) is 13.3. The largest absolute Gasteiger partial charge is 0.337 e. The van der Waals surface area contributed by atoms with Crippen molar-refractivity contribution in [1.29, 1.82) is 0 Å². The Morgan fingerprint density at radius 1 is 1.12 bits per heavy atom. The van der Waals surface area contributed by atoms with E-state index in [0.717, 1.165) is 5.56 Å². The molecule has 0 saturated carbocycles. The summed E-state index contributed by atoms with van der Waals surface area (Å²) in [4.78, 5) is 18.5. The van der Waals surface area contributed by atoms with E-state index in [4.69, 9.17) is 0 Å². The Kier molecular flexibility index (Phi) is 3.65. The van der Waals surface area contributed by atoms with Crippen molar-refractivity contribution in [3.63, 3.8) is 0 Å². The fourth-order valence-corrected chi connectivity index (χ4v) is 2.48. The van der Waals surface area contributed by atoms with E-state index < -0.39 is 0 Å². The molecule has 0 radical (unpaired) electrons. The van der Waals surface area contributed by atoms with Crippen LogP contribution in [0.25, 0.3) is 16.9 Å². The number of aromatic nitrogens is 6. The number of hydrogen-bond acceptors (Lipinski definition) is 7. The molecule has 0 aliphatic rings. The molecule has 0 aliphatic carbocycles. The van der Waals surface area contributed by atoms with Gasteiger partial charge in [0.05, 0.1) is 5.56 Å². The van der Waals surface area contributed by atoms with Gasteiger partial charge >= 0.3 is 0 Å². The van der Waals surface area contributed by atoms with Crippen LogP contribution in [0.2, 0.25) is 0 Å². The van der Waals surface area contributed by atoms with Crippen molar-refractivity contribution in [2.45, 2.75) is 6.54 Å². The van der Waals surface area contributed by atoms with Crippen LogP contribution >= 0.6 is 0 Å². The Morgan fingerprint density at radius 3 is 2.68 bits per heavy atom. The van der Waals surface area contributed by atoms with Gasteiger partial charge in [-0.3, -0.25) is 9.36 Å². The molecular formula is C16H13N7O2. The van der Waals surface area contributed by atoms with Crippen LogP contribution in [0.15, 0.2) is 53.8 Å². The number of pyridine rings is 1. The summed E-state index contributed by atoms with van der Waals surface area (Å²) < 4.78 is 6.35. The van der Waals surface area contributed by atoms with Crippen LogP contribution in [-0.4, -0.2) is 47.9 Å². The molecule has 9 heteroatoms. The third-order valence-corrected chi connectivity index (χ3v) is 3.76. The predicted octanol–water partition coefficient (Wildman–Crippen LogP) is 1.47. The maximum Gasteiger partial charge on any atom is 0.255 e. The van der Waals surface area contributed by atoms with Crippen LogP contribution in [0.5, 0.6) is 0 Å². The van der Waals surface area contributed by atoms with Gasteiger partial charge in [0, 0.05) is 19.8 Å². The standard InChI is InChI=1S/C16H13N7O2/c1-22(8-11-2-4-13-14(6-11)21-25-20-13)16(24)12-3-5-15(17-7-12)23-9-18-19-10-23/h2-7,9-10H,8H2,1H3. The molecule has 9 nitrogen and oxygen atoms in total. The fraction of sp³-hybridized carbons (Fsp3) is 0.125. The van der Waals surface area contributed by atoms with Crippen molar-refractivity contribution in [3.8, 4) is 5.82 Å². The zero-order valence-electron chi connectivity index (χ0n) is 13.3. The topological polar surface area (TPSA) is 103 Å². The second-order valence-corrected chi connectivity index (χ2v) is 5.52. The minimum Gasteiger partial charge on any atom is -0.337 e. The van der Waals surface area contributed by atoms with Gasteiger partial charge in [-0.15, -0.1) is 10.2 Å². The van der Waals surface area contributed by atoms with Gasteiger partial charge in [-0.1, -0.05) is 6.07 Å². The maximum atomic E-state index is 12.6. The highest BCUT2D eigenvalue weighted by atomic mass is 16.6.